The van der Waals surface area contributed by atoms with Crippen molar-refractivity contribution in [2.75, 3.05) is 43.4 Å². The molecule has 6 nitrogen and oxygen atoms in total. The molecule has 1 saturated heterocycles. The summed E-state index contributed by atoms with van der Waals surface area (Å²) in [4.78, 5) is 30.1. The first kappa shape index (κ1) is 23.3. The van der Waals surface area contributed by atoms with E-state index in [1.54, 1.807) is 0 Å². The molecule has 6 heteroatoms. The van der Waals surface area contributed by atoms with Gasteiger partial charge in [-0.1, -0.05) is 30.7 Å². The summed E-state index contributed by atoms with van der Waals surface area (Å²) in [6, 6.07) is 12.6. The SMILES string of the molecule is Cc1ccc(C)c(NC(=O)C(=O)NC[C@@H](c2ccc3c(c2)CCCN3C)N2CCCCC2)c1. The number of likely N-dealkylation sites (tertiary alicyclic amines) is 1. The van der Waals surface area contributed by atoms with Crippen LogP contribution in [0.25, 0.3) is 0 Å². The molecular formula is C27H36N4O2. The zero-order valence-corrected chi connectivity index (χ0v) is 20.1. The second-order valence-electron chi connectivity index (χ2n) is 9.51. The normalized spacial score (nSPS) is 17.2. The summed E-state index contributed by atoms with van der Waals surface area (Å²) in [5, 5.41) is 5.69. The molecule has 176 valence electrons. The molecule has 0 spiro atoms. The molecule has 2 aromatic carbocycles. The number of carbonyl (C=O) groups excluding carboxylic acids is 2. The van der Waals surface area contributed by atoms with Crippen molar-refractivity contribution in [2.45, 2.75) is 52.0 Å². The monoisotopic (exact) mass is 448 g/mol. The Kier molecular flexibility index (Phi) is 7.33. The zero-order chi connectivity index (χ0) is 23.4. The van der Waals surface area contributed by atoms with E-state index in [4.69, 9.17) is 0 Å². The van der Waals surface area contributed by atoms with Gasteiger partial charge in [0.1, 0.15) is 0 Å². The summed E-state index contributed by atoms with van der Waals surface area (Å²) in [5.41, 5.74) is 6.57. The van der Waals surface area contributed by atoms with Crippen LogP contribution in [0.2, 0.25) is 0 Å². The summed E-state index contributed by atoms with van der Waals surface area (Å²) in [5.74, 6) is -1.20. The number of carbonyl (C=O) groups is 2. The Bertz CT molecular complexity index is 1010. The fourth-order valence-electron chi connectivity index (χ4n) is 5.02. The molecule has 0 unspecified atom stereocenters. The standard InChI is InChI=1S/C27H36N4O2/c1-19-9-10-20(2)23(16-19)29-27(33)26(32)28-18-25(31-14-5-4-6-15-31)22-11-12-24-21(17-22)8-7-13-30(24)3/h9-12,16-17,25H,4-8,13-15,18H2,1-3H3,(H,28,32)(H,29,33)/t25-/m0/s1. The number of nitrogens with one attached hydrogen (secondary N) is 2. The van der Waals surface area contributed by atoms with Gasteiger partial charge in [-0.25, -0.2) is 0 Å². The third-order valence-corrected chi connectivity index (χ3v) is 6.97. The fraction of sp³-hybridized carbons (Fsp3) is 0.481. The van der Waals surface area contributed by atoms with E-state index >= 15 is 0 Å². The summed E-state index contributed by atoms with van der Waals surface area (Å²) < 4.78 is 0. The lowest BCUT2D eigenvalue weighted by Crippen LogP contribution is -2.43. The van der Waals surface area contributed by atoms with Crippen molar-refractivity contribution in [1.29, 1.82) is 0 Å². The van der Waals surface area contributed by atoms with Crippen LogP contribution in [0.4, 0.5) is 11.4 Å². The molecule has 2 amide bonds. The molecule has 4 rings (SSSR count). The van der Waals surface area contributed by atoms with Crippen molar-refractivity contribution >= 4 is 23.2 Å². The van der Waals surface area contributed by atoms with Gasteiger partial charge in [0.05, 0.1) is 6.04 Å². The Hall–Kier alpha value is -2.86. The highest BCUT2D eigenvalue weighted by molar-refractivity contribution is 6.39. The van der Waals surface area contributed by atoms with E-state index in [2.05, 4.69) is 45.7 Å². The minimum absolute atomic E-state index is 0.0697. The molecule has 2 heterocycles. The predicted molar refractivity (Wildman–Crippen MR) is 134 cm³/mol. The number of hydrogen-bond acceptors (Lipinski definition) is 4. The summed E-state index contributed by atoms with van der Waals surface area (Å²) in [6.45, 7) is 7.45. The number of hydrogen-bond donors (Lipinski definition) is 2. The molecule has 33 heavy (non-hydrogen) atoms. The van der Waals surface area contributed by atoms with Crippen LogP contribution in [0.1, 0.15) is 54.0 Å². The first-order chi connectivity index (χ1) is 15.9. The maximum Gasteiger partial charge on any atom is 0.313 e. The van der Waals surface area contributed by atoms with Gasteiger partial charge in [-0.3, -0.25) is 14.5 Å². The third kappa shape index (κ3) is 5.56. The number of piperidine rings is 1. The van der Waals surface area contributed by atoms with E-state index in [-0.39, 0.29) is 6.04 Å². The number of aryl methyl sites for hydroxylation is 3. The van der Waals surface area contributed by atoms with Crippen molar-refractivity contribution in [3.8, 4) is 0 Å². The fourth-order valence-corrected chi connectivity index (χ4v) is 5.02. The van der Waals surface area contributed by atoms with Gasteiger partial charge in [0.25, 0.3) is 0 Å². The van der Waals surface area contributed by atoms with Crippen molar-refractivity contribution in [2.24, 2.45) is 0 Å². The molecule has 2 aliphatic rings. The predicted octanol–water partition coefficient (Wildman–Crippen LogP) is 3.97. The lowest BCUT2D eigenvalue weighted by molar-refractivity contribution is -0.136. The average Bonchev–Trinajstić information content (AvgIpc) is 2.82. The van der Waals surface area contributed by atoms with Crippen LogP contribution < -0.4 is 15.5 Å². The largest absolute Gasteiger partial charge is 0.374 e. The number of fused-ring (bicyclic) bond motifs is 1. The Morgan fingerprint density at radius 2 is 1.73 bits per heavy atom. The lowest BCUT2D eigenvalue weighted by atomic mass is 9.95. The maximum atomic E-state index is 12.7. The quantitative estimate of drug-likeness (QED) is 0.680. The van der Waals surface area contributed by atoms with E-state index in [0.717, 1.165) is 43.6 Å². The highest BCUT2D eigenvalue weighted by atomic mass is 16.2. The zero-order valence-electron chi connectivity index (χ0n) is 20.1. The topological polar surface area (TPSA) is 64.7 Å². The summed E-state index contributed by atoms with van der Waals surface area (Å²) in [7, 11) is 2.15. The van der Waals surface area contributed by atoms with Gasteiger partial charge < -0.3 is 15.5 Å². The number of amides is 2. The molecule has 0 saturated carbocycles. The van der Waals surface area contributed by atoms with E-state index in [1.165, 1.54) is 36.1 Å². The smallest absolute Gasteiger partial charge is 0.313 e. The van der Waals surface area contributed by atoms with Crippen molar-refractivity contribution in [1.82, 2.24) is 10.2 Å². The highest BCUT2D eigenvalue weighted by Crippen LogP contribution is 2.31. The van der Waals surface area contributed by atoms with Crippen LogP contribution in [0.3, 0.4) is 0 Å². The maximum absolute atomic E-state index is 12.7. The van der Waals surface area contributed by atoms with Gasteiger partial charge in [0.2, 0.25) is 0 Å². The van der Waals surface area contributed by atoms with Crippen LogP contribution in [-0.2, 0) is 16.0 Å². The number of nitrogens with zero attached hydrogens (tertiary/aromatic N) is 2. The van der Waals surface area contributed by atoms with Crippen LogP contribution in [0, 0.1) is 13.8 Å². The number of benzene rings is 2. The second-order valence-corrected chi connectivity index (χ2v) is 9.51. The highest BCUT2D eigenvalue weighted by Gasteiger charge is 2.26. The molecule has 1 atom stereocenters. The van der Waals surface area contributed by atoms with Crippen molar-refractivity contribution in [3.05, 3.63) is 58.7 Å². The second kappa shape index (κ2) is 10.4. The number of anilines is 2. The minimum atomic E-state index is -0.617. The van der Waals surface area contributed by atoms with Gasteiger partial charge in [-0.2, -0.15) is 0 Å². The van der Waals surface area contributed by atoms with Gasteiger partial charge >= 0.3 is 11.8 Å². The molecule has 0 aromatic heterocycles. The van der Waals surface area contributed by atoms with Gasteiger partial charge in [-0.05, 0) is 87.0 Å². The first-order valence-electron chi connectivity index (χ1n) is 12.2. The molecule has 0 bridgehead atoms. The molecule has 2 aliphatic heterocycles. The van der Waals surface area contributed by atoms with E-state index in [9.17, 15) is 9.59 Å². The summed E-state index contributed by atoms with van der Waals surface area (Å²) >= 11 is 0. The van der Waals surface area contributed by atoms with Crippen LogP contribution in [-0.4, -0.2) is 49.9 Å². The Morgan fingerprint density at radius 1 is 0.939 bits per heavy atom. The van der Waals surface area contributed by atoms with Crippen LogP contribution in [0.15, 0.2) is 36.4 Å². The summed E-state index contributed by atoms with van der Waals surface area (Å²) in [6.07, 6.45) is 5.85. The van der Waals surface area contributed by atoms with Crippen LogP contribution >= 0.6 is 0 Å². The van der Waals surface area contributed by atoms with E-state index < -0.39 is 11.8 Å². The van der Waals surface area contributed by atoms with Gasteiger partial charge in [0.15, 0.2) is 0 Å². The van der Waals surface area contributed by atoms with E-state index in [1.807, 2.05) is 32.0 Å². The van der Waals surface area contributed by atoms with Crippen molar-refractivity contribution < 1.29 is 9.59 Å². The molecule has 2 aromatic rings. The molecular weight excluding hydrogens is 412 g/mol. The Morgan fingerprint density at radius 3 is 2.52 bits per heavy atom. The molecule has 2 N–H and O–H groups in total. The Labute approximate surface area is 197 Å². The Balaban J connectivity index is 1.47. The minimum Gasteiger partial charge on any atom is -0.374 e. The van der Waals surface area contributed by atoms with Crippen molar-refractivity contribution in [3.63, 3.8) is 0 Å². The lowest BCUT2D eigenvalue weighted by Gasteiger charge is -2.36. The van der Waals surface area contributed by atoms with E-state index in [0.29, 0.717) is 12.2 Å². The van der Waals surface area contributed by atoms with Gasteiger partial charge in [-0.15, -0.1) is 0 Å². The first-order valence-corrected chi connectivity index (χ1v) is 12.2. The third-order valence-electron chi connectivity index (χ3n) is 6.97. The van der Waals surface area contributed by atoms with Crippen LogP contribution in [0.5, 0.6) is 0 Å². The molecule has 0 radical (unpaired) electrons. The molecule has 1 fully saturated rings. The molecule has 0 aliphatic carbocycles. The average molecular weight is 449 g/mol. The van der Waals surface area contributed by atoms with Gasteiger partial charge in [0, 0.05) is 31.5 Å². The number of rotatable bonds is 5.